The first-order valence-corrected chi connectivity index (χ1v) is 5.19. The Kier molecular flexibility index (Phi) is 2.13. The third-order valence-electron chi connectivity index (χ3n) is 1.88. The van der Waals surface area contributed by atoms with Crippen molar-refractivity contribution in [2.45, 2.75) is 19.9 Å². The van der Waals surface area contributed by atoms with Crippen molar-refractivity contribution < 1.29 is 9.11 Å². The number of nitrogens with zero attached hydrogens (tertiary/aromatic N) is 2. The van der Waals surface area contributed by atoms with Gasteiger partial charge in [0.1, 0.15) is 5.04 Å². The van der Waals surface area contributed by atoms with Gasteiger partial charge in [0.2, 0.25) is 0 Å². The maximum absolute atomic E-state index is 9.41. The maximum Gasteiger partial charge on any atom is 0.140 e. The molecular formula is C6H14N2O2S. The molecular weight excluding hydrogens is 164 g/mol. The van der Waals surface area contributed by atoms with Gasteiger partial charge in [-0.25, -0.2) is 0 Å². The van der Waals surface area contributed by atoms with Crippen LogP contribution in [0.3, 0.4) is 0 Å². The maximum atomic E-state index is 9.41. The quantitative estimate of drug-likeness (QED) is 0.589. The standard InChI is InChI=1S/C6H14N2O2S/c1-5-4-11(9,10)6(2)7-8(5)3/h5,9-10H,4H2,1-3H3. The van der Waals surface area contributed by atoms with E-state index in [4.69, 9.17) is 0 Å². The molecule has 0 spiro atoms. The smallest absolute Gasteiger partial charge is 0.140 e. The first kappa shape index (κ1) is 8.83. The summed E-state index contributed by atoms with van der Waals surface area (Å²) in [7, 11) is -0.699. The molecule has 0 fully saturated rings. The lowest BCUT2D eigenvalue weighted by Gasteiger charge is -2.41. The van der Waals surface area contributed by atoms with Gasteiger partial charge in [0.25, 0.3) is 0 Å². The Bertz CT molecular complexity index is 193. The predicted molar refractivity (Wildman–Crippen MR) is 48.0 cm³/mol. The number of hydrazone groups is 1. The molecule has 0 radical (unpaired) electrons. The lowest BCUT2D eigenvalue weighted by molar-refractivity contribution is 0.280. The van der Waals surface area contributed by atoms with E-state index in [1.54, 1.807) is 11.9 Å². The topological polar surface area (TPSA) is 56.1 Å². The third-order valence-corrected chi connectivity index (χ3v) is 3.86. The molecule has 1 aliphatic rings. The molecule has 0 aliphatic carbocycles. The Morgan fingerprint density at radius 2 is 2.18 bits per heavy atom. The second kappa shape index (κ2) is 2.66. The molecule has 1 rings (SSSR count). The average Bonchev–Trinajstić information content (AvgIpc) is 1.83. The summed E-state index contributed by atoms with van der Waals surface area (Å²) in [6, 6.07) is 0.115. The zero-order chi connectivity index (χ0) is 8.65. The molecule has 0 aromatic carbocycles. The van der Waals surface area contributed by atoms with Gasteiger partial charge < -0.3 is 0 Å². The molecule has 0 saturated carbocycles. The van der Waals surface area contributed by atoms with E-state index in [0.717, 1.165) is 0 Å². The van der Waals surface area contributed by atoms with Crippen molar-refractivity contribution in [2.75, 3.05) is 12.8 Å². The van der Waals surface area contributed by atoms with Crippen LogP contribution in [0.25, 0.3) is 0 Å². The molecule has 66 valence electrons. The SMILES string of the molecule is CC1=NN(C)C(C)CS1(O)O. The average molecular weight is 178 g/mol. The van der Waals surface area contributed by atoms with Crippen LogP contribution >= 0.6 is 10.6 Å². The summed E-state index contributed by atoms with van der Waals surface area (Å²) in [5.41, 5.74) is 0. The van der Waals surface area contributed by atoms with Gasteiger partial charge in [-0.1, -0.05) is 0 Å². The van der Waals surface area contributed by atoms with Crippen molar-refractivity contribution in [3.05, 3.63) is 0 Å². The van der Waals surface area contributed by atoms with Crippen LogP contribution < -0.4 is 0 Å². The summed E-state index contributed by atoms with van der Waals surface area (Å²) in [5, 5.41) is 6.20. The molecule has 4 nitrogen and oxygen atoms in total. The first-order valence-electron chi connectivity index (χ1n) is 3.47. The van der Waals surface area contributed by atoms with E-state index in [0.29, 0.717) is 10.8 Å². The van der Waals surface area contributed by atoms with Crippen LogP contribution in [0.2, 0.25) is 0 Å². The molecule has 1 atom stereocenters. The van der Waals surface area contributed by atoms with Crippen LogP contribution in [0.5, 0.6) is 0 Å². The minimum Gasteiger partial charge on any atom is -0.294 e. The molecule has 1 unspecified atom stereocenters. The van der Waals surface area contributed by atoms with Gasteiger partial charge in [0.15, 0.2) is 0 Å². The summed E-state index contributed by atoms with van der Waals surface area (Å²) in [4.78, 5) is 0. The van der Waals surface area contributed by atoms with E-state index in [2.05, 4.69) is 5.10 Å². The molecule has 0 amide bonds. The zero-order valence-corrected chi connectivity index (χ0v) is 7.80. The van der Waals surface area contributed by atoms with E-state index in [9.17, 15) is 9.11 Å². The predicted octanol–water partition coefficient (Wildman–Crippen LogP) is 1.40. The third kappa shape index (κ3) is 1.66. The molecule has 0 bridgehead atoms. The van der Waals surface area contributed by atoms with E-state index in [1.807, 2.05) is 14.0 Å². The fraction of sp³-hybridized carbons (Fsp3) is 0.833. The number of hydrogen-bond donors (Lipinski definition) is 2. The van der Waals surface area contributed by atoms with Crippen LogP contribution in [-0.4, -0.2) is 38.0 Å². The van der Waals surface area contributed by atoms with Crippen LogP contribution in [-0.2, 0) is 0 Å². The van der Waals surface area contributed by atoms with Crippen LogP contribution in [0.4, 0.5) is 0 Å². The van der Waals surface area contributed by atoms with Crippen molar-refractivity contribution in [3.63, 3.8) is 0 Å². The second-order valence-electron chi connectivity index (χ2n) is 2.88. The molecule has 11 heavy (non-hydrogen) atoms. The van der Waals surface area contributed by atoms with Crippen molar-refractivity contribution in [1.82, 2.24) is 5.01 Å². The van der Waals surface area contributed by atoms with Crippen molar-refractivity contribution in [2.24, 2.45) is 5.10 Å². The molecule has 2 N–H and O–H groups in total. The highest BCUT2D eigenvalue weighted by molar-refractivity contribution is 8.36. The summed E-state index contributed by atoms with van der Waals surface area (Å²) < 4.78 is 18.8. The van der Waals surface area contributed by atoms with Gasteiger partial charge in [0, 0.05) is 7.05 Å². The van der Waals surface area contributed by atoms with Gasteiger partial charge in [-0.2, -0.15) is 15.7 Å². The van der Waals surface area contributed by atoms with Crippen molar-refractivity contribution in [3.8, 4) is 0 Å². The Morgan fingerprint density at radius 1 is 1.64 bits per heavy atom. The Morgan fingerprint density at radius 3 is 2.64 bits per heavy atom. The molecule has 1 aliphatic heterocycles. The van der Waals surface area contributed by atoms with Crippen molar-refractivity contribution >= 4 is 15.6 Å². The fourth-order valence-corrected chi connectivity index (χ4v) is 2.34. The van der Waals surface area contributed by atoms with E-state index >= 15 is 0 Å². The van der Waals surface area contributed by atoms with Crippen LogP contribution in [0.15, 0.2) is 5.10 Å². The highest BCUT2D eigenvalue weighted by Gasteiger charge is 2.27. The van der Waals surface area contributed by atoms with E-state index in [1.165, 1.54) is 0 Å². The largest absolute Gasteiger partial charge is 0.294 e. The molecule has 0 saturated heterocycles. The van der Waals surface area contributed by atoms with Gasteiger partial charge in [-0.3, -0.25) is 14.1 Å². The van der Waals surface area contributed by atoms with Gasteiger partial charge in [-0.15, -0.1) is 0 Å². The second-order valence-corrected chi connectivity index (χ2v) is 5.13. The highest BCUT2D eigenvalue weighted by atomic mass is 32.3. The summed E-state index contributed by atoms with van der Waals surface area (Å²) in [6.45, 7) is 3.57. The molecule has 0 aromatic heterocycles. The Labute approximate surface area is 68.2 Å². The van der Waals surface area contributed by atoms with Gasteiger partial charge in [0.05, 0.1) is 11.8 Å². The minimum absolute atomic E-state index is 0.115. The normalized spacial score (nSPS) is 33.0. The molecule has 0 aromatic rings. The van der Waals surface area contributed by atoms with E-state index < -0.39 is 10.6 Å². The lowest BCUT2D eigenvalue weighted by Crippen LogP contribution is -2.37. The van der Waals surface area contributed by atoms with Gasteiger partial charge >= 0.3 is 0 Å². The first-order chi connectivity index (χ1) is 4.93. The monoisotopic (exact) mass is 178 g/mol. The highest BCUT2D eigenvalue weighted by Crippen LogP contribution is 2.43. The molecule has 5 heteroatoms. The number of hydrogen-bond acceptors (Lipinski definition) is 4. The Balaban J connectivity index is 2.86. The lowest BCUT2D eigenvalue weighted by atomic mass is 10.4. The van der Waals surface area contributed by atoms with Gasteiger partial charge in [-0.05, 0) is 13.8 Å². The fourth-order valence-electron chi connectivity index (χ4n) is 0.951. The summed E-state index contributed by atoms with van der Waals surface area (Å²) in [6.07, 6.45) is 0. The van der Waals surface area contributed by atoms with Crippen LogP contribution in [0, 0.1) is 0 Å². The zero-order valence-electron chi connectivity index (χ0n) is 6.98. The van der Waals surface area contributed by atoms with Crippen molar-refractivity contribution in [1.29, 1.82) is 0 Å². The number of rotatable bonds is 0. The van der Waals surface area contributed by atoms with E-state index in [-0.39, 0.29) is 6.04 Å². The molecule has 1 heterocycles. The minimum atomic E-state index is -2.54. The summed E-state index contributed by atoms with van der Waals surface area (Å²) >= 11 is 0. The van der Waals surface area contributed by atoms with Crippen LogP contribution in [0.1, 0.15) is 13.8 Å². The summed E-state index contributed by atoms with van der Waals surface area (Å²) in [5.74, 6) is 0.402. The Hall–Kier alpha value is -0.260.